The normalized spacial score (nSPS) is 15.2. The number of hydrogen-bond acceptors (Lipinski definition) is 4. The van der Waals surface area contributed by atoms with Crippen LogP contribution in [0.25, 0.3) is 0 Å². The monoisotopic (exact) mass is 402 g/mol. The Hall–Kier alpha value is -3.80. The molecule has 2 amide bonds. The highest BCUT2D eigenvalue weighted by Crippen LogP contribution is 2.37. The molecule has 0 saturated carbocycles. The fourth-order valence-corrected chi connectivity index (χ4v) is 3.38. The van der Waals surface area contributed by atoms with E-state index in [2.05, 4.69) is 5.32 Å². The van der Waals surface area contributed by atoms with E-state index in [0.29, 0.717) is 35.0 Å². The van der Waals surface area contributed by atoms with Crippen molar-refractivity contribution in [3.05, 3.63) is 83.9 Å². The van der Waals surface area contributed by atoms with Gasteiger partial charge in [0.1, 0.15) is 11.5 Å². The molecule has 6 heteroatoms. The summed E-state index contributed by atoms with van der Waals surface area (Å²) in [6.45, 7) is 2.16. The molecule has 30 heavy (non-hydrogen) atoms. The summed E-state index contributed by atoms with van der Waals surface area (Å²) in [5.41, 5.74) is 2.70. The lowest BCUT2D eigenvalue weighted by molar-refractivity contribution is -0.125. The zero-order valence-electron chi connectivity index (χ0n) is 16.8. The molecule has 1 unspecified atom stereocenters. The largest absolute Gasteiger partial charge is 0.497 e. The summed E-state index contributed by atoms with van der Waals surface area (Å²) in [6, 6.07) is 22.0. The molecule has 4 rings (SSSR count). The number of anilines is 2. The summed E-state index contributed by atoms with van der Waals surface area (Å²) in [7, 11) is 1.56. The standard InChI is InChI=1S/C24H22N2O4/c1-16-24(28)26(15-17-7-4-3-5-8-17)21-14-19(11-12-22(21)30-16)25-23(27)18-9-6-10-20(13-18)29-2/h3-14,16H,15H2,1-2H3,(H,25,27). The second-order valence-electron chi connectivity index (χ2n) is 7.04. The Kier molecular flexibility index (Phi) is 5.39. The number of methoxy groups -OCH3 is 1. The van der Waals surface area contributed by atoms with Crippen LogP contribution in [0.5, 0.6) is 11.5 Å². The van der Waals surface area contributed by atoms with Crippen molar-refractivity contribution < 1.29 is 19.1 Å². The van der Waals surface area contributed by atoms with Gasteiger partial charge < -0.3 is 19.7 Å². The first kappa shape index (κ1) is 19.5. The van der Waals surface area contributed by atoms with Gasteiger partial charge in [0.2, 0.25) is 0 Å². The lowest BCUT2D eigenvalue weighted by atomic mass is 10.1. The average Bonchev–Trinajstić information content (AvgIpc) is 2.78. The molecule has 1 heterocycles. The Morgan fingerprint density at radius 1 is 1.07 bits per heavy atom. The average molecular weight is 402 g/mol. The molecule has 0 fully saturated rings. The maximum absolute atomic E-state index is 12.8. The number of ether oxygens (including phenoxy) is 2. The molecule has 152 valence electrons. The highest BCUT2D eigenvalue weighted by molar-refractivity contribution is 6.06. The number of amides is 2. The first-order chi connectivity index (χ1) is 14.5. The van der Waals surface area contributed by atoms with Gasteiger partial charge in [-0.25, -0.2) is 0 Å². The second-order valence-corrected chi connectivity index (χ2v) is 7.04. The first-order valence-electron chi connectivity index (χ1n) is 9.66. The quantitative estimate of drug-likeness (QED) is 0.692. The van der Waals surface area contributed by atoms with Crippen molar-refractivity contribution in [3.63, 3.8) is 0 Å². The van der Waals surface area contributed by atoms with E-state index in [1.807, 2.05) is 30.3 Å². The van der Waals surface area contributed by atoms with Crippen LogP contribution in [0.2, 0.25) is 0 Å². The van der Waals surface area contributed by atoms with Gasteiger partial charge in [0.25, 0.3) is 11.8 Å². The summed E-state index contributed by atoms with van der Waals surface area (Å²) in [4.78, 5) is 27.2. The fraction of sp³-hybridized carbons (Fsp3) is 0.167. The van der Waals surface area contributed by atoms with Gasteiger partial charge in [-0.1, -0.05) is 36.4 Å². The van der Waals surface area contributed by atoms with Crippen molar-refractivity contribution in [1.82, 2.24) is 0 Å². The lowest BCUT2D eigenvalue weighted by Gasteiger charge is -2.33. The zero-order chi connectivity index (χ0) is 21.1. The Bertz CT molecular complexity index is 1080. The van der Waals surface area contributed by atoms with Gasteiger partial charge in [-0.05, 0) is 48.9 Å². The lowest BCUT2D eigenvalue weighted by Crippen LogP contribution is -2.44. The second kappa shape index (κ2) is 8.29. The Balaban J connectivity index is 1.62. The minimum Gasteiger partial charge on any atom is -0.497 e. The van der Waals surface area contributed by atoms with Crippen LogP contribution in [0, 0.1) is 0 Å². The molecule has 1 aliphatic heterocycles. The first-order valence-corrected chi connectivity index (χ1v) is 9.66. The van der Waals surface area contributed by atoms with E-state index in [4.69, 9.17) is 9.47 Å². The number of rotatable bonds is 5. The number of hydrogen-bond donors (Lipinski definition) is 1. The van der Waals surface area contributed by atoms with Gasteiger partial charge in [0.15, 0.2) is 6.10 Å². The minimum absolute atomic E-state index is 0.123. The Morgan fingerprint density at radius 3 is 2.63 bits per heavy atom. The van der Waals surface area contributed by atoms with E-state index in [9.17, 15) is 9.59 Å². The van der Waals surface area contributed by atoms with Gasteiger partial charge >= 0.3 is 0 Å². The summed E-state index contributed by atoms with van der Waals surface area (Å²) in [5, 5.41) is 2.88. The van der Waals surface area contributed by atoms with Crippen LogP contribution in [-0.2, 0) is 11.3 Å². The van der Waals surface area contributed by atoms with Crippen molar-refractivity contribution in [2.75, 3.05) is 17.3 Å². The summed E-state index contributed by atoms with van der Waals surface area (Å²) >= 11 is 0. The summed E-state index contributed by atoms with van der Waals surface area (Å²) in [6.07, 6.45) is -0.571. The van der Waals surface area contributed by atoms with Crippen LogP contribution in [0.15, 0.2) is 72.8 Å². The van der Waals surface area contributed by atoms with Gasteiger partial charge in [-0.15, -0.1) is 0 Å². The van der Waals surface area contributed by atoms with E-state index >= 15 is 0 Å². The van der Waals surface area contributed by atoms with Crippen molar-refractivity contribution in [2.45, 2.75) is 19.6 Å². The fourth-order valence-electron chi connectivity index (χ4n) is 3.38. The molecule has 1 aliphatic rings. The number of carbonyl (C=O) groups is 2. The third-order valence-corrected chi connectivity index (χ3v) is 4.94. The number of nitrogens with zero attached hydrogens (tertiary/aromatic N) is 1. The molecule has 3 aromatic rings. The van der Waals surface area contributed by atoms with Crippen LogP contribution in [-0.4, -0.2) is 25.0 Å². The maximum Gasteiger partial charge on any atom is 0.268 e. The molecule has 0 aliphatic carbocycles. The van der Waals surface area contributed by atoms with Crippen LogP contribution in [0.4, 0.5) is 11.4 Å². The zero-order valence-corrected chi connectivity index (χ0v) is 16.8. The molecule has 0 saturated heterocycles. The van der Waals surface area contributed by atoms with Crippen LogP contribution in [0.3, 0.4) is 0 Å². The molecule has 0 radical (unpaired) electrons. The van der Waals surface area contributed by atoms with Crippen LogP contribution >= 0.6 is 0 Å². The molecule has 1 atom stereocenters. The van der Waals surface area contributed by atoms with Gasteiger partial charge in [0.05, 0.1) is 19.3 Å². The van der Waals surface area contributed by atoms with Crippen molar-refractivity contribution in [1.29, 1.82) is 0 Å². The topological polar surface area (TPSA) is 67.9 Å². The highest BCUT2D eigenvalue weighted by Gasteiger charge is 2.31. The third-order valence-electron chi connectivity index (χ3n) is 4.94. The summed E-state index contributed by atoms with van der Waals surface area (Å²) < 4.78 is 10.9. The predicted molar refractivity (Wildman–Crippen MR) is 115 cm³/mol. The van der Waals surface area contributed by atoms with E-state index in [1.165, 1.54) is 0 Å². The van der Waals surface area contributed by atoms with Gasteiger partial charge in [0, 0.05) is 11.3 Å². The van der Waals surface area contributed by atoms with Crippen LogP contribution in [0.1, 0.15) is 22.8 Å². The number of fused-ring (bicyclic) bond motifs is 1. The van der Waals surface area contributed by atoms with E-state index in [0.717, 1.165) is 5.56 Å². The minimum atomic E-state index is -0.571. The number of carbonyl (C=O) groups excluding carboxylic acids is 2. The molecule has 6 nitrogen and oxygen atoms in total. The molecule has 0 spiro atoms. The molecule has 0 aromatic heterocycles. The van der Waals surface area contributed by atoms with Crippen molar-refractivity contribution in [2.24, 2.45) is 0 Å². The Morgan fingerprint density at radius 2 is 1.87 bits per heavy atom. The molecule has 3 aromatic carbocycles. The van der Waals surface area contributed by atoms with E-state index in [1.54, 1.807) is 61.4 Å². The van der Waals surface area contributed by atoms with E-state index < -0.39 is 6.10 Å². The molecule has 0 bridgehead atoms. The third kappa shape index (κ3) is 3.98. The van der Waals surface area contributed by atoms with Crippen molar-refractivity contribution >= 4 is 23.2 Å². The van der Waals surface area contributed by atoms with Gasteiger partial charge in [-0.3, -0.25) is 9.59 Å². The van der Waals surface area contributed by atoms with E-state index in [-0.39, 0.29) is 11.8 Å². The van der Waals surface area contributed by atoms with Crippen molar-refractivity contribution in [3.8, 4) is 11.5 Å². The van der Waals surface area contributed by atoms with Crippen LogP contribution < -0.4 is 19.7 Å². The highest BCUT2D eigenvalue weighted by atomic mass is 16.5. The molecule has 1 N–H and O–H groups in total. The number of nitrogens with one attached hydrogen (secondary N) is 1. The smallest absolute Gasteiger partial charge is 0.268 e. The summed E-state index contributed by atoms with van der Waals surface area (Å²) in [5.74, 6) is 0.829. The SMILES string of the molecule is COc1cccc(C(=O)Nc2ccc3c(c2)N(Cc2ccccc2)C(=O)C(C)O3)c1. The Labute approximate surface area is 175 Å². The molecular formula is C24H22N2O4. The maximum atomic E-state index is 12.8. The van der Waals surface area contributed by atoms with Gasteiger partial charge in [-0.2, -0.15) is 0 Å². The number of benzene rings is 3. The molecular weight excluding hydrogens is 380 g/mol. The predicted octanol–water partition coefficient (Wildman–Crippen LogP) is 4.26.